The number of nitrogens with zero attached hydrogens (tertiary/aromatic N) is 2. The van der Waals surface area contributed by atoms with Crippen LogP contribution in [-0.2, 0) is 4.74 Å². The molecule has 1 aromatic heterocycles. The molecule has 5 nitrogen and oxygen atoms in total. The lowest BCUT2D eigenvalue weighted by Crippen LogP contribution is -2.50. The number of hydrogen-bond acceptors (Lipinski definition) is 4. The normalized spacial score (nSPS) is 24.0. The summed E-state index contributed by atoms with van der Waals surface area (Å²) >= 11 is 0. The third-order valence-corrected chi connectivity index (χ3v) is 3.58. The third-order valence-electron chi connectivity index (χ3n) is 3.58. The Morgan fingerprint density at radius 1 is 1.50 bits per heavy atom. The molecule has 1 aliphatic carbocycles. The van der Waals surface area contributed by atoms with Gasteiger partial charge in [-0.15, -0.1) is 0 Å². The molecule has 0 spiro atoms. The van der Waals surface area contributed by atoms with Crippen LogP contribution in [0.2, 0.25) is 0 Å². The SMILES string of the molecule is O=C(c1ncccc1O)N1CCOCC1C1CC1. The number of amides is 1. The van der Waals surface area contributed by atoms with Gasteiger partial charge in [-0.2, -0.15) is 0 Å². The number of ether oxygens (including phenoxy) is 1. The summed E-state index contributed by atoms with van der Waals surface area (Å²) in [5.41, 5.74) is 0.144. The number of pyridine rings is 1. The first-order valence-corrected chi connectivity index (χ1v) is 6.30. The van der Waals surface area contributed by atoms with Crippen LogP contribution in [0, 0.1) is 5.92 Å². The second kappa shape index (κ2) is 4.57. The predicted molar refractivity (Wildman–Crippen MR) is 64.3 cm³/mol. The van der Waals surface area contributed by atoms with Crippen LogP contribution >= 0.6 is 0 Å². The Morgan fingerprint density at radius 2 is 2.33 bits per heavy atom. The number of aromatic nitrogens is 1. The molecule has 5 heteroatoms. The van der Waals surface area contributed by atoms with Gasteiger partial charge in [0.25, 0.3) is 5.91 Å². The topological polar surface area (TPSA) is 62.7 Å². The van der Waals surface area contributed by atoms with Crippen molar-refractivity contribution in [2.24, 2.45) is 5.92 Å². The van der Waals surface area contributed by atoms with Crippen molar-refractivity contribution < 1.29 is 14.6 Å². The molecule has 96 valence electrons. The Labute approximate surface area is 105 Å². The molecule has 1 aliphatic heterocycles. The van der Waals surface area contributed by atoms with E-state index >= 15 is 0 Å². The van der Waals surface area contributed by atoms with E-state index in [9.17, 15) is 9.90 Å². The molecule has 1 saturated carbocycles. The summed E-state index contributed by atoms with van der Waals surface area (Å²) in [5, 5.41) is 9.71. The van der Waals surface area contributed by atoms with Gasteiger partial charge >= 0.3 is 0 Å². The van der Waals surface area contributed by atoms with Crippen LogP contribution in [0.1, 0.15) is 23.3 Å². The van der Waals surface area contributed by atoms with E-state index in [1.807, 2.05) is 4.90 Å². The second-order valence-corrected chi connectivity index (χ2v) is 4.85. The highest BCUT2D eigenvalue weighted by Crippen LogP contribution is 2.37. The first-order valence-electron chi connectivity index (χ1n) is 6.30. The van der Waals surface area contributed by atoms with Crippen LogP contribution in [-0.4, -0.2) is 46.7 Å². The van der Waals surface area contributed by atoms with Gasteiger partial charge in [0.05, 0.1) is 19.3 Å². The van der Waals surface area contributed by atoms with Gasteiger partial charge < -0.3 is 14.7 Å². The minimum atomic E-state index is -0.187. The number of hydrogen-bond donors (Lipinski definition) is 1. The zero-order valence-electron chi connectivity index (χ0n) is 10.1. The average Bonchev–Trinajstić information content (AvgIpc) is 3.23. The molecular weight excluding hydrogens is 232 g/mol. The lowest BCUT2D eigenvalue weighted by Gasteiger charge is -2.35. The lowest BCUT2D eigenvalue weighted by molar-refractivity contribution is -0.00878. The summed E-state index contributed by atoms with van der Waals surface area (Å²) in [6.45, 7) is 1.74. The quantitative estimate of drug-likeness (QED) is 0.849. The molecule has 2 heterocycles. The van der Waals surface area contributed by atoms with Gasteiger partial charge in [-0.05, 0) is 30.9 Å². The molecule has 1 N–H and O–H groups in total. The molecule has 1 amide bonds. The molecule has 1 aromatic rings. The van der Waals surface area contributed by atoms with E-state index in [2.05, 4.69) is 4.98 Å². The fourth-order valence-electron chi connectivity index (χ4n) is 2.44. The zero-order chi connectivity index (χ0) is 12.5. The van der Waals surface area contributed by atoms with Crippen LogP contribution in [0.3, 0.4) is 0 Å². The fraction of sp³-hybridized carbons (Fsp3) is 0.538. The summed E-state index contributed by atoms with van der Waals surface area (Å²) < 4.78 is 5.45. The Kier molecular flexibility index (Phi) is 2.91. The molecule has 0 aromatic carbocycles. The van der Waals surface area contributed by atoms with Gasteiger partial charge in [-0.3, -0.25) is 4.79 Å². The van der Waals surface area contributed by atoms with Crippen molar-refractivity contribution in [2.45, 2.75) is 18.9 Å². The molecule has 1 saturated heterocycles. The number of aromatic hydroxyl groups is 1. The lowest BCUT2D eigenvalue weighted by atomic mass is 10.1. The van der Waals surface area contributed by atoms with E-state index in [1.54, 1.807) is 6.07 Å². The Morgan fingerprint density at radius 3 is 3.06 bits per heavy atom. The molecule has 1 unspecified atom stereocenters. The Hall–Kier alpha value is -1.62. The minimum Gasteiger partial charge on any atom is -0.505 e. The Bertz CT molecular complexity index is 459. The molecule has 18 heavy (non-hydrogen) atoms. The van der Waals surface area contributed by atoms with Crippen LogP contribution in [0.4, 0.5) is 0 Å². The number of morpholine rings is 1. The third kappa shape index (κ3) is 2.06. The van der Waals surface area contributed by atoms with E-state index in [0.29, 0.717) is 25.7 Å². The average molecular weight is 248 g/mol. The highest BCUT2D eigenvalue weighted by atomic mass is 16.5. The largest absolute Gasteiger partial charge is 0.505 e. The molecule has 0 radical (unpaired) electrons. The van der Waals surface area contributed by atoms with Crippen molar-refractivity contribution in [3.63, 3.8) is 0 Å². The number of rotatable bonds is 2. The monoisotopic (exact) mass is 248 g/mol. The maximum absolute atomic E-state index is 12.4. The van der Waals surface area contributed by atoms with Gasteiger partial charge in [0.15, 0.2) is 5.69 Å². The van der Waals surface area contributed by atoms with Crippen LogP contribution < -0.4 is 0 Å². The summed E-state index contributed by atoms with van der Waals surface area (Å²) in [6.07, 6.45) is 3.84. The summed E-state index contributed by atoms with van der Waals surface area (Å²) in [7, 11) is 0. The molecule has 3 rings (SSSR count). The second-order valence-electron chi connectivity index (χ2n) is 4.85. The maximum atomic E-state index is 12.4. The predicted octanol–water partition coefficient (Wildman–Crippen LogP) is 1.04. The molecule has 1 atom stereocenters. The van der Waals surface area contributed by atoms with Gasteiger partial charge in [0.2, 0.25) is 0 Å². The van der Waals surface area contributed by atoms with E-state index in [1.165, 1.54) is 12.3 Å². The summed E-state index contributed by atoms with van der Waals surface area (Å²) in [4.78, 5) is 18.2. The van der Waals surface area contributed by atoms with Crippen molar-refractivity contribution in [1.29, 1.82) is 0 Å². The van der Waals surface area contributed by atoms with Gasteiger partial charge in [0.1, 0.15) is 5.75 Å². The Balaban J connectivity index is 1.84. The summed E-state index contributed by atoms with van der Waals surface area (Å²) in [6, 6.07) is 3.25. The first kappa shape index (κ1) is 11.5. The smallest absolute Gasteiger partial charge is 0.276 e. The standard InChI is InChI=1S/C13H16N2O3/c16-11-2-1-5-14-12(11)13(17)15-6-7-18-8-10(15)9-3-4-9/h1-2,5,9-10,16H,3-4,6-8H2. The molecule has 2 fully saturated rings. The number of carbonyl (C=O) groups excluding carboxylic acids is 1. The van der Waals surface area contributed by atoms with Crippen molar-refractivity contribution in [2.75, 3.05) is 19.8 Å². The fourth-order valence-corrected chi connectivity index (χ4v) is 2.44. The number of carbonyl (C=O) groups is 1. The van der Waals surface area contributed by atoms with E-state index in [0.717, 1.165) is 12.8 Å². The van der Waals surface area contributed by atoms with E-state index in [-0.39, 0.29) is 23.4 Å². The van der Waals surface area contributed by atoms with Crippen molar-refractivity contribution in [3.05, 3.63) is 24.0 Å². The summed E-state index contributed by atoms with van der Waals surface area (Å²) in [5.74, 6) is 0.317. The highest BCUT2D eigenvalue weighted by molar-refractivity contribution is 5.95. The van der Waals surface area contributed by atoms with Gasteiger partial charge in [-0.1, -0.05) is 0 Å². The molecule has 0 bridgehead atoms. The van der Waals surface area contributed by atoms with Crippen molar-refractivity contribution in [3.8, 4) is 5.75 Å². The minimum absolute atomic E-state index is 0.0523. The zero-order valence-corrected chi connectivity index (χ0v) is 10.1. The van der Waals surface area contributed by atoms with Crippen LogP contribution in [0.25, 0.3) is 0 Å². The first-order chi connectivity index (χ1) is 8.77. The van der Waals surface area contributed by atoms with Crippen LogP contribution in [0.15, 0.2) is 18.3 Å². The molecular formula is C13H16N2O3. The molecule has 2 aliphatic rings. The van der Waals surface area contributed by atoms with Gasteiger partial charge in [-0.25, -0.2) is 4.98 Å². The van der Waals surface area contributed by atoms with Crippen molar-refractivity contribution in [1.82, 2.24) is 9.88 Å². The van der Waals surface area contributed by atoms with Gasteiger partial charge in [0, 0.05) is 12.7 Å². The van der Waals surface area contributed by atoms with Crippen LogP contribution in [0.5, 0.6) is 5.75 Å². The highest BCUT2D eigenvalue weighted by Gasteiger charge is 2.40. The maximum Gasteiger partial charge on any atom is 0.276 e. The van der Waals surface area contributed by atoms with E-state index < -0.39 is 0 Å². The van der Waals surface area contributed by atoms with Crippen molar-refractivity contribution >= 4 is 5.91 Å². The van der Waals surface area contributed by atoms with E-state index in [4.69, 9.17) is 4.74 Å².